The summed E-state index contributed by atoms with van der Waals surface area (Å²) >= 11 is 11.4. The molecule has 0 atom stereocenters. The molecule has 3 N–H and O–H groups in total. The third-order valence-corrected chi connectivity index (χ3v) is 2.15. The zero-order chi connectivity index (χ0) is 8.43. The molecule has 1 aromatic rings. The summed E-state index contributed by atoms with van der Waals surface area (Å²) in [5.41, 5.74) is 5.92. The fourth-order valence-corrected chi connectivity index (χ4v) is 1.30. The number of phenolic OH excluding ortho intramolecular Hbond substituents is 1. The molecule has 0 heterocycles. The average Bonchev–Trinajstić information content (AvgIpc) is 1.99. The van der Waals surface area contributed by atoms with Crippen molar-refractivity contribution in [2.45, 2.75) is 6.54 Å². The van der Waals surface area contributed by atoms with E-state index >= 15 is 0 Å². The lowest BCUT2D eigenvalue weighted by molar-refractivity contribution is 0.475. The minimum atomic E-state index is 0.0107. The van der Waals surface area contributed by atoms with Crippen LogP contribution in [0.3, 0.4) is 0 Å². The van der Waals surface area contributed by atoms with Crippen LogP contribution in [0.15, 0.2) is 12.1 Å². The predicted octanol–water partition coefficient (Wildman–Crippen LogP) is 2.16. The number of benzene rings is 1. The van der Waals surface area contributed by atoms with Gasteiger partial charge in [-0.1, -0.05) is 23.2 Å². The van der Waals surface area contributed by atoms with Crippen molar-refractivity contribution >= 4 is 23.2 Å². The van der Waals surface area contributed by atoms with E-state index < -0.39 is 0 Å². The van der Waals surface area contributed by atoms with Crippen LogP contribution in [-0.4, -0.2) is 5.11 Å². The molecular formula is C7H7Cl2NO. The number of rotatable bonds is 1. The first-order valence-electron chi connectivity index (χ1n) is 3.02. The van der Waals surface area contributed by atoms with Crippen molar-refractivity contribution in [1.82, 2.24) is 0 Å². The lowest BCUT2D eigenvalue weighted by Crippen LogP contribution is -1.97. The second-order valence-electron chi connectivity index (χ2n) is 2.06. The molecule has 0 aliphatic heterocycles. The molecule has 0 spiro atoms. The summed E-state index contributed by atoms with van der Waals surface area (Å²) in [5, 5.41) is 9.83. The van der Waals surface area contributed by atoms with E-state index in [1.807, 2.05) is 0 Å². The Morgan fingerprint density at radius 1 is 1.36 bits per heavy atom. The summed E-state index contributed by atoms with van der Waals surface area (Å²) in [4.78, 5) is 0. The molecule has 1 aromatic carbocycles. The van der Waals surface area contributed by atoms with E-state index in [-0.39, 0.29) is 17.3 Å². The van der Waals surface area contributed by atoms with Gasteiger partial charge in [-0.15, -0.1) is 0 Å². The molecule has 0 unspecified atom stereocenters. The molecule has 0 aliphatic carbocycles. The number of phenols is 1. The Morgan fingerprint density at radius 3 is 2.45 bits per heavy atom. The first-order chi connectivity index (χ1) is 5.16. The summed E-state index contributed by atoms with van der Waals surface area (Å²) in [6.45, 7) is 0.228. The van der Waals surface area contributed by atoms with Gasteiger partial charge in [-0.05, 0) is 12.1 Å². The number of nitrogens with two attached hydrogens (primary N) is 1. The summed E-state index contributed by atoms with van der Waals surface area (Å²) in [7, 11) is 0. The van der Waals surface area contributed by atoms with Crippen molar-refractivity contribution < 1.29 is 5.11 Å². The highest BCUT2D eigenvalue weighted by Gasteiger charge is 2.07. The number of aromatic hydroxyl groups is 1. The van der Waals surface area contributed by atoms with Gasteiger partial charge in [-0.25, -0.2) is 0 Å². The molecule has 11 heavy (non-hydrogen) atoms. The van der Waals surface area contributed by atoms with Gasteiger partial charge in [0, 0.05) is 17.1 Å². The van der Waals surface area contributed by atoms with E-state index in [9.17, 15) is 0 Å². The summed E-state index contributed by atoms with van der Waals surface area (Å²) in [5.74, 6) is 0.0107. The molecule has 60 valence electrons. The fourth-order valence-electron chi connectivity index (χ4n) is 0.772. The summed E-state index contributed by atoms with van der Waals surface area (Å²) in [6, 6.07) is 2.99. The maximum Gasteiger partial charge on any atom is 0.134 e. The van der Waals surface area contributed by atoms with Gasteiger partial charge in [-0.2, -0.15) is 0 Å². The van der Waals surface area contributed by atoms with E-state index in [0.29, 0.717) is 10.6 Å². The van der Waals surface area contributed by atoms with Crippen molar-refractivity contribution in [3.63, 3.8) is 0 Å². The third kappa shape index (κ3) is 1.59. The number of hydrogen-bond acceptors (Lipinski definition) is 2. The van der Waals surface area contributed by atoms with Gasteiger partial charge in [0.05, 0.1) is 5.02 Å². The van der Waals surface area contributed by atoms with Gasteiger partial charge in [-0.3, -0.25) is 0 Å². The van der Waals surface area contributed by atoms with E-state index in [1.54, 1.807) is 6.07 Å². The van der Waals surface area contributed by atoms with Crippen LogP contribution < -0.4 is 5.73 Å². The fraction of sp³-hybridized carbons (Fsp3) is 0.143. The normalized spacial score (nSPS) is 10.1. The highest BCUT2D eigenvalue weighted by Crippen LogP contribution is 2.31. The molecule has 0 saturated heterocycles. The van der Waals surface area contributed by atoms with E-state index in [4.69, 9.17) is 34.0 Å². The monoisotopic (exact) mass is 191 g/mol. The molecule has 4 heteroatoms. The summed E-state index contributed by atoms with van der Waals surface area (Å²) < 4.78 is 0. The van der Waals surface area contributed by atoms with E-state index in [2.05, 4.69) is 0 Å². The molecule has 0 bridgehead atoms. The van der Waals surface area contributed by atoms with Crippen molar-refractivity contribution in [2.75, 3.05) is 0 Å². The Kier molecular flexibility index (Phi) is 2.60. The zero-order valence-electron chi connectivity index (χ0n) is 5.64. The maximum atomic E-state index is 9.11. The van der Waals surface area contributed by atoms with Crippen LogP contribution in [-0.2, 0) is 6.54 Å². The highest BCUT2D eigenvalue weighted by molar-refractivity contribution is 6.36. The smallest absolute Gasteiger partial charge is 0.134 e. The largest absolute Gasteiger partial charge is 0.506 e. The Hall–Kier alpha value is -0.440. The second kappa shape index (κ2) is 3.30. The molecule has 0 aliphatic rings. The average molecular weight is 192 g/mol. The molecule has 0 amide bonds. The van der Waals surface area contributed by atoms with Crippen LogP contribution >= 0.6 is 23.2 Å². The lowest BCUT2D eigenvalue weighted by atomic mass is 10.2. The first kappa shape index (κ1) is 8.65. The zero-order valence-corrected chi connectivity index (χ0v) is 7.15. The minimum absolute atomic E-state index is 0.0107. The van der Waals surface area contributed by atoms with E-state index in [0.717, 1.165) is 0 Å². The topological polar surface area (TPSA) is 46.2 Å². The molecule has 0 aromatic heterocycles. The van der Waals surface area contributed by atoms with Gasteiger partial charge < -0.3 is 10.8 Å². The number of hydrogen-bond donors (Lipinski definition) is 2. The van der Waals surface area contributed by atoms with Crippen LogP contribution in [0.2, 0.25) is 10.0 Å². The van der Waals surface area contributed by atoms with Gasteiger partial charge in [0.1, 0.15) is 5.75 Å². The number of halogens is 2. The minimum Gasteiger partial charge on any atom is -0.506 e. The SMILES string of the molecule is NCc1c(Cl)ccc(O)c1Cl. The van der Waals surface area contributed by atoms with Gasteiger partial charge in [0.15, 0.2) is 0 Å². The van der Waals surface area contributed by atoms with Crippen LogP contribution in [0.5, 0.6) is 5.75 Å². The predicted molar refractivity (Wildman–Crippen MR) is 46.0 cm³/mol. The van der Waals surface area contributed by atoms with Crippen LogP contribution in [0, 0.1) is 0 Å². The molecule has 0 radical (unpaired) electrons. The van der Waals surface area contributed by atoms with Crippen molar-refractivity contribution in [3.8, 4) is 5.75 Å². The highest BCUT2D eigenvalue weighted by atomic mass is 35.5. The lowest BCUT2D eigenvalue weighted by Gasteiger charge is -2.04. The van der Waals surface area contributed by atoms with Crippen molar-refractivity contribution in [1.29, 1.82) is 0 Å². The third-order valence-electron chi connectivity index (χ3n) is 1.37. The van der Waals surface area contributed by atoms with Crippen LogP contribution in [0.1, 0.15) is 5.56 Å². The quantitative estimate of drug-likeness (QED) is 0.715. The molecule has 1 rings (SSSR count). The molecule has 0 saturated carbocycles. The van der Waals surface area contributed by atoms with Gasteiger partial charge in [0.2, 0.25) is 0 Å². The summed E-state index contributed by atoms with van der Waals surface area (Å²) in [6.07, 6.45) is 0. The standard InChI is InChI=1S/C7H7Cl2NO/c8-5-1-2-6(11)7(9)4(5)3-10/h1-2,11H,3,10H2. The van der Waals surface area contributed by atoms with Crippen molar-refractivity contribution in [3.05, 3.63) is 27.7 Å². The van der Waals surface area contributed by atoms with Gasteiger partial charge >= 0.3 is 0 Å². The van der Waals surface area contributed by atoms with Crippen molar-refractivity contribution in [2.24, 2.45) is 5.73 Å². The second-order valence-corrected chi connectivity index (χ2v) is 2.85. The van der Waals surface area contributed by atoms with E-state index in [1.165, 1.54) is 6.07 Å². The Morgan fingerprint density at radius 2 is 2.00 bits per heavy atom. The van der Waals surface area contributed by atoms with Gasteiger partial charge in [0.25, 0.3) is 0 Å². The van der Waals surface area contributed by atoms with Crippen LogP contribution in [0.4, 0.5) is 0 Å². The Labute approximate surface area is 74.5 Å². The molecular weight excluding hydrogens is 185 g/mol. The maximum absolute atomic E-state index is 9.11. The molecule has 2 nitrogen and oxygen atoms in total. The van der Waals surface area contributed by atoms with Crippen LogP contribution in [0.25, 0.3) is 0 Å². The molecule has 0 fully saturated rings. The first-order valence-corrected chi connectivity index (χ1v) is 3.78. The Balaban J connectivity index is 3.29. The Bertz CT molecular complexity index is 275.